The highest BCUT2D eigenvalue weighted by atomic mass is 127. The Balaban J connectivity index is 2.20. The number of amides is 1. The maximum Gasteiger partial charge on any atom is 0.410 e. The summed E-state index contributed by atoms with van der Waals surface area (Å²) in [4.78, 5) is 22.4. The first-order valence-electron chi connectivity index (χ1n) is 8.97. The number of nitrogens with zero attached hydrogens (tertiary/aromatic N) is 3. The molecule has 1 N–H and O–H groups in total. The Morgan fingerprint density at radius 1 is 1.44 bits per heavy atom. The van der Waals surface area contributed by atoms with Crippen LogP contribution in [0.2, 0.25) is 5.28 Å². The van der Waals surface area contributed by atoms with Gasteiger partial charge in [0.2, 0.25) is 5.28 Å². The number of halogens is 2. The summed E-state index contributed by atoms with van der Waals surface area (Å²) < 4.78 is 11.9. The largest absolute Gasteiger partial charge is 0.444 e. The van der Waals surface area contributed by atoms with E-state index in [0.29, 0.717) is 12.4 Å². The van der Waals surface area contributed by atoms with Gasteiger partial charge in [-0.25, -0.2) is 9.78 Å². The second-order valence-electron chi connectivity index (χ2n) is 8.01. The summed E-state index contributed by atoms with van der Waals surface area (Å²) in [5.41, 5.74) is -0.868. The molecule has 2 rings (SSSR count). The van der Waals surface area contributed by atoms with Crippen LogP contribution in [0.4, 0.5) is 10.6 Å². The molecule has 1 amide bonds. The minimum absolute atomic E-state index is 0.194. The number of hydrogen-bond donors (Lipinski definition) is 1. The van der Waals surface area contributed by atoms with Crippen molar-refractivity contribution in [3.05, 3.63) is 15.1 Å². The zero-order valence-corrected chi connectivity index (χ0v) is 19.4. The zero-order valence-electron chi connectivity index (χ0n) is 16.5. The molecular formula is C18H28ClIN4O3. The first kappa shape index (κ1) is 22.4. The van der Waals surface area contributed by atoms with E-state index in [-0.39, 0.29) is 23.0 Å². The minimum atomic E-state index is -0.533. The third kappa shape index (κ3) is 6.60. The number of nitrogens with one attached hydrogen (secondary N) is 1. The molecule has 7 nitrogen and oxygen atoms in total. The van der Waals surface area contributed by atoms with Crippen molar-refractivity contribution in [1.82, 2.24) is 14.9 Å². The first-order chi connectivity index (χ1) is 12.5. The van der Waals surface area contributed by atoms with Gasteiger partial charge in [-0.1, -0.05) is 0 Å². The molecule has 0 spiro atoms. The number of ether oxygens (including phenoxy) is 2. The summed E-state index contributed by atoms with van der Waals surface area (Å²) >= 11 is 8.16. The average molecular weight is 511 g/mol. The lowest BCUT2D eigenvalue weighted by atomic mass is 9.79. The van der Waals surface area contributed by atoms with Crippen molar-refractivity contribution in [2.24, 2.45) is 0 Å². The third-order valence-corrected chi connectivity index (χ3v) is 5.54. The van der Waals surface area contributed by atoms with Crippen LogP contribution < -0.4 is 5.32 Å². The molecule has 0 aliphatic heterocycles. The quantitative estimate of drug-likeness (QED) is 0.469. The van der Waals surface area contributed by atoms with E-state index in [2.05, 4.69) is 37.9 Å². The van der Waals surface area contributed by atoms with Gasteiger partial charge in [-0.2, -0.15) is 4.98 Å². The van der Waals surface area contributed by atoms with Gasteiger partial charge in [-0.05, 0) is 80.6 Å². The molecule has 152 valence electrons. The average Bonchev–Trinajstić information content (AvgIpc) is 2.57. The Bertz CT molecular complexity index is 660. The molecule has 0 bridgehead atoms. The Morgan fingerprint density at radius 2 is 2.07 bits per heavy atom. The first-order valence-corrected chi connectivity index (χ1v) is 10.4. The standard InChI is InChI=1S/C18H28ClIN4O3/c1-17(2,3)27-16(25)24(4)11-18(8-6-12(26-5)7-9-18)23-14-13(20)10-21-15(19)22-14/h10,12H,6-9,11H2,1-5H3,(H,21,22,23). The summed E-state index contributed by atoms with van der Waals surface area (Å²) in [5, 5.41) is 3.74. The van der Waals surface area contributed by atoms with Crippen molar-refractivity contribution in [3.63, 3.8) is 0 Å². The number of methoxy groups -OCH3 is 1. The van der Waals surface area contributed by atoms with Crippen molar-refractivity contribution in [2.45, 2.75) is 63.7 Å². The summed E-state index contributed by atoms with van der Waals surface area (Å²) in [7, 11) is 3.50. The second-order valence-corrected chi connectivity index (χ2v) is 9.51. The highest BCUT2D eigenvalue weighted by Gasteiger charge is 2.38. The molecule has 1 heterocycles. The summed E-state index contributed by atoms with van der Waals surface area (Å²) in [6.45, 7) is 6.08. The van der Waals surface area contributed by atoms with Gasteiger partial charge in [0.05, 0.1) is 15.2 Å². The zero-order chi connectivity index (χ0) is 20.2. The van der Waals surface area contributed by atoms with Gasteiger partial charge in [0.15, 0.2) is 0 Å². The van der Waals surface area contributed by atoms with Gasteiger partial charge in [0.1, 0.15) is 11.4 Å². The number of rotatable bonds is 5. The number of aromatic nitrogens is 2. The maximum atomic E-state index is 12.5. The molecule has 0 aromatic carbocycles. The van der Waals surface area contributed by atoms with Crippen LogP contribution in [0.25, 0.3) is 0 Å². The molecule has 1 aliphatic rings. The van der Waals surface area contributed by atoms with Gasteiger partial charge >= 0.3 is 6.09 Å². The summed E-state index contributed by atoms with van der Waals surface area (Å²) in [6.07, 6.45) is 5.08. The number of carbonyl (C=O) groups excluding carboxylic acids is 1. The molecular weight excluding hydrogens is 483 g/mol. The van der Waals surface area contributed by atoms with Gasteiger partial charge in [0, 0.05) is 26.9 Å². The van der Waals surface area contributed by atoms with E-state index < -0.39 is 5.60 Å². The van der Waals surface area contributed by atoms with Crippen molar-refractivity contribution in [1.29, 1.82) is 0 Å². The highest BCUT2D eigenvalue weighted by Crippen LogP contribution is 2.34. The number of carbonyl (C=O) groups is 1. The van der Waals surface area contributed by atoms with Crippen LogP contribution in [0.5, 0.6) is 0 Å². The molecule has 1 aliphatic carbocycles. The van der Waals surface area contributed by atoms with Crippen molar-refractivity contribution < 1.29 is 14.3 Å². The Hall–Kier alpha value is -0.870. The third-order valence-electron chi connectivity index (χ3n) is 4.57. The molecule has 1 aromatic rings. The van der Waals surface area contributed by atoms with E-state index in [4.69, 9.17) is 21.1 Å². The van der Waals surface area contributed by atoms with Crippen LogP contribution in [0.15, 0.2) is 6.20 Å². The van der Waals surface area contributed by atoms with E-state index in [1.165, 1.54) is 0 Å². The molecule has 27 heavy (non-hydrogen) atoms. The number of anilines is 1. The monoisotopic (exact) mass is 510 g/mol. The molecule has 0 radical (unpaired) electrons. The smallest absolute Gasteiger partial charge is 0.410 e. The lowest BCUT2D eigenvalue weighted by molar-refractivity contribution is 0.0189. The molecule has 1 aromatic heterocycles. The van der Waals surface area contributed by atoms with E-state index in [0.717, 1.165) is 29.3 Å². The van der Waals surface area contributed by atoms with Crippen LogP contribution in [0, 0.1) is 3.57 Å². The van der Waals surface area contributed by atoms with Crippen molar-refractivity contribution >= 4 is 46.1 Å². The van der Waals surface area contributed by atoms with E-state index in [1.807, 2.05) is 20.8 Å². The van der Waals surface area contributed by atoms with Gasteiger partial charge in [-0.15, -0.1) is 0 Å². The fourth-order valence-electron chi connectivity index (χ4n) is 3.25. The fraction of sp³-hybridized carbons (Fsp3) is 0.722. The van der Waals surface area contributed by atoms with E-state index in [1.54, 1.807) is 25.3 Å². The Morgan fingerprint density at radius 3 is 2.63 bits per heavy atom. The predicted octanol–water partition coefficient (Wildman–Crippen LogP) is 4.34. The van der Waals surface area contributed by atoms with Gasteiger partial charge < -0.3 is 19.7 Å². The predicted molar refractivity (Wildman–Crippen MR) is 114 cm³/mol. The Kier molecular flexibility index (Phi) is 7.54. The minimum Gasteiger partial charge on any atom is -0.444 e. The second kappa shape index (κ2) is 9.09. The van der Waals surface area contributed by atoms with Crippen molar-refractivity contribution in [3.8, 4) is 0 Å². The number of hydrogen-bond acceptors (Lipinski definition) is 6. The molecule has 0 saturated heterocycles. The molecule has 1 fully saturated rings. The van der Waals surface area contributed by atoms with Gasteiger partial charge in [0.25, 0.3) is 0 Å². The molecule has 0 unspecified atom stereocenters. The summed E-state index contributed by atoms with van der Waals surface area (Å²) in [5.74, 6) is 0.684. The van der Waals surface area contributed by atoms with Crippen LogP contribution >= 0.6 is 34.2 Å². The normalized spacial score (nSPS) is 23.0. The van der Waals surface area contributed by atoms with Crippen LogP contribution in [-0.4, -0.2) is 58.9 Å². The Labute approximate surface area is 179 Å². The maximum absolute atomic E-state index is 12.5. The van der Waals surface area contributed by atoms with E-state index >= 15 is 0 Å². The molecule has 1 saturated carbocycles. The SMILES string of the molecule is COC1CCC(CN(C)C(=O)OC(C)(C)C)(Nc2nc(Cl)ncc2I)CC1. The fourth-order valence-corrected chi connectivity index (χ4v) is 3.77. The molecule has 0 atom stereocenters. The van der Waals surface area contributed by atoms with Crippen LogP contribution in [-0.2, 0) is 9.47 Å². The van der Waals surface area contributed by atoms with E-state index in [9.17, 15) is 4.79 Å². The summed E-state index contributed by atoms with van der Waals surface area (Å²) in [6, 6.07) is 0. The van der Waals surface area contributed by atoms with Gasteiger partial charge in [-0.3, -0.25) is 0 Å². The lowest BCUT2D eigenvalue weighted by Crippen LogP contribution is -2.53. The number of likely N-dealkylation sites (N-methyl/N-ethyl adjacent to an activating group) is 1. The van der Waals surface area contributed by atoms with Crippen LogP contribution in [0.1, 0.15) is 46.5 Å². The highest BCUT2D eigenvalue weighted by molar-refractivity contribution is 14.1. The van der Waals surface area contributed by atoms with Crippen molar-refractivity contribution in [2.75, 3.05) is 26.0 Å². The van der Waals surface area contributed by atoms with Crippen LogP contribution in [0.3, 0.4) is 0 Å². The molecule has 9 heteroatoms. The topological polar surface area (TPSA) is 76.6 Å². The lowest BCUT2D eigenvalue weighted by Gasteiger charge is -2.43.